The highest BCUT2D eigenvalue weighted by atomic mass is 32.1. The van der Waals surface area contributed by atoms with E-state index in [0.29, 0.717) is 0 Å². The molecule has 75 heavy (non-hydrogen) atoms. The van der Waals surface area contributed by atoms with Gasteiger partial charge in [-0.2, -0.15) is 0 Å². The summed E-state index contributed by atoms with van der Waals surface area (Å²) >= 11 is 1.89. The van der Waals surface area contributed by atoms with Gasteiger partial charge < -0.3 is 18.9 Å². The van der Waals surface area contributed by atoms with Crippen molar-refractivity contribution in [2.24, 2.45) is 0 Å². The molecular formula is C69H53BN4S. The maximum absolute atomic E-state index is 2.61. The fourth-order valence-corrected chi connectivity index (χ4v) is 14.7. The molecule has 6 heterocycles. The van der Waals surface area contributed by atoms with E-state index in [1.165, 1.54) is 142 Å². The number of hydrogen-bond acceptors (Lipinski definition) is 3. The van der Waals surface area contributed by atoms with Crippen LogP contribution in [-0.2, 0) is 10.8 Å². The minimum Gasteiger partial charge on any atom is -0.311 e. The highest BCUT2D eigenvalue weighted by molar-refractivity contribution is 7.26. The Morgan fingerprint density at radius 2 is 1.03 bits per heavy atom. The molecule has 0 aliphatic carbocycles. The Labute approximate surface area is 441 Å². The largest absolute Gasteiger partial charge is 0.311 e. The third-order valence-electron chi connectivity index (χ3n) is 16.9. The van der Waals surface area contributed by atoms with Crippen LogP contribution in [0.5, 0.6) is 0 Å². The topological polar surface area (TPSA) is 16.3 Å². The monoisotopic (exact) mass is 980 g/mol. The predicted octanol–water partition coefficient (Wildman–Crippen LogP) is 17.2. The van der Waals surface area contributed by atoms with Crippen LogP contribution in [-0.4, -0.2) is 15.8 Å². The van der Waals surface area contributed by atoms with Gasteiger partial charge in [-0.15, -0.1) is 11.3 Å². The lowest BCUT2D eigenvalue weighted by atomic mass is 9.33. The summed E-state index contributed by atoms with van der Waals surface area (Å²) < 4.78 is 7.72. The molecule has 6 heteroatoms. The summed E-state index contributed by atoms with van der Waals surface area (Å²) in [5, 5.41) is 7.79. The van der Waals surface area contributed by atoms with Crippen molar-refractivity contribution in [3.63, 3.8) is 0 Å². The number of thiophene rings is 1. The van der Waals surface area contributed by atoms with E-state index in [2.05, 4.69) is 262 Å². The first-order valence-electron chi connectivity index (χ1n) is 26.5. The van der Waals surface area contributed by atoms with E-state index in [4.69, 9.17) is 0 Å². The molecule has 16 rings (SSSR count). The van der Waals surface area contributed by atoms with E-state index in [-0.39, 0.29) is 17.5 Å². The molecule has 10 aromatic carbocycles. The molecule has 3 aliphatic heterocycles. The number of hydrogen-bond donors (Lipinski definition) is 0. The molecule has 3 aliphatic rings. The minimum absolute atomic E-state index is 0.00955. The van der Waals surface area contributed by atoms with Gasteiger partial charge in [0.1, 0.15) is 0 Å². The summed E-state index contributed by atoms with van der Waals surface area (Å²) in [5.74, 6) is 0. The van der Waals surface area contributed by atoms with Gasteiger partial charge in [-0.3, -0.25) is 0 Å². The molecule has 0 N–H and O–H groups in total. The minimum atomic E-state index is -0.0173. The summed E-state index contributed by atoms with van der Waals surface area (Å²) in [6.45, 7) is 16.2. The van der Waals surface area contributed by atoms with Gasteiger partial charge in [0.25, 0.3) is 6.71 Å². The second-order valence-corrected chi connectivity index (χ2v) is 24.5. The van der Waals surface area contributed by atoms with Gasteiger partial charge in [0.05, 0.1) is 39.1 Å². The molecular weight excluding hydrogens is 928 g/mol. The van der Waals surface area contributed by atoms with Gasteiger partial charge in [-0.05, 0) is 147 Å². The molecule has 0 saturated heterocycles. The van der Waals surface area contributed by atoms with Crippen molar-refractivity contribution in [2.75, 3.05) is 9.80 Å². The lowest BCUT2D eigenvalue weighted by Crippen LogP contribution is -2.61. The molecule has 0 atom stereocenters. The number of anilines is 6. The van der Waals surface area contributed by atoms with Gasteiger partial charge in [-0.1, -0.05) is 151 Å². The normalized spacial score (nSPS) is 13.7. The Hall–Kier alpha value is -8.32. The molecule has 0 unspecified atom stereocenters. The van der Waals surface area contributed by atoms with Crippen LogP contribution in [0.2, 0.25) is 0 Å². The second kappa shape index (κ2) is 14.9. The van der Waals surface area contributed by atoms with Gasteiger partial charge in [0.15, 0.2) is 0 Å². The molecule has 4 nitrogen and oxygen atoms in total. The number of benzene rings is 10. The van der Waals surface area contributed by atoms with E-state index in [1.807, 2.05) is 11.3 Å². The van der Waals surface area contributed by atoms with Crippen molar-refractivity contribution in [1.29, 1.82) is 0 Å². The Balaban J connectivity index is 0.964. The van der Waals surface area contributed by atoms with Gasteiger partial charge >= 0.3 is 0 Å². The quantitative estimate of drug-likeness (QED) is 0.164. The molecule has 0 spiro atoms. The van der Waals surface area contributed by atoms with E-state index < -0.39 is 0 Å². The zero-order valence-electron chi connectivity index (χ0n) is 43.2. The van der Waals surface area contributed by atoms with Crippen LogP contribution in [0.15, 0.2) is 194 Å². The number of nitrogens with zero attached hydrogens (tertiary/aromatic N) is 4. The molecule has 358 valence electrons. The lowest BCUT2D eigenvalue weighted by molar-refractivity contribution is 0.590. The number of aromatic nitrogens is 2. The van der Waals surface area contributed by atoms with Crippen LogP contribution in [0, 0.1) is 6.92 Å². The molecule has 13 aromatic rings. The standard InChI is InChI=1S/C69H53BN4S/c1-40-35-61-64-62(36-40)74-58-22-13-18-49-47-15-8-10-21-55(47)73(65(49)58)59-23-14-20-54(66(59)74)70(64)53-32-31-45(72-56-33-27-42(68(2,3)4)37-51(56)52-38-43(69(5,6)7)28-34-57(52)72)39-60(53)71(61)44-29-25-41(26-30-44)46-17-12-19-50-48-16-9-11-24-63(48)75-67(46)50/h8-39H,1-7H3. The van der Waals surface area contributed by atoms with Crippen molar-refractivity contribution in [2.45, 2.75) is 59.3 Å². The third-order valence-corrected chi connectivity index (χ3v) is 18.2. The highest BCUT2D eigenvalue weighted by Crippen LogP contribution is 2.53. The van der Waals surface area contributed by atoms with Crippen LogP contribution < -0.4 is 26.2 Å². The Kier molecular flexibility index (Phi) is 8.58. The fourth-order valence-electron chi connectivity index (χ4n) is 13.4. The van der Waals surface area contributed by atoms with Crippen molar-refractivity contribution in [3.8, 4) is 22.5 Å². The van der Waals surface area contributed by atoms with Crippen molar-refractivity contribution in [1.82, 2.24) is 9.13 Å². The van der Waals surface area contributed by atoms with Crippen LogP contribution in [0.3, 0.4) is 0 Å². The summed E-state index contributed by atoms with van der Waals surface area (Å²) in [4.78, 5) is 5.20. The number of aryl methyl sites for hydroxylation is 1. The van der Waals surface area contributed by atoms with Crippen LogP contribution in [0.4, 0.5) is 34.1 Å². The summed E-state index contributed by atoms with van der Waals surface area (Å²) in [5.41, 5.74) is 25.0. The van der Waals surface area contributed by atoms with Crippen molar-refractivity contribution in [3.05, 3.63) is 211 Å². The number of para-hydroxylation sites is 3. The second-order valence-electron chi connectivity index (χ2n) is 23.4. The van der Waals surface area contributed by atoms with Crippen LogP contribution in [0.25, 0.3) is 86.3 Å². The molecule has 0 fully saturated rings. The summed E-state index contributed by atoms with van der Waals surface area (Å²) in [6, 6.07) is 74.5. The Bertz CT molecular complexity index is 4580. The van der Waals surface area contributed by atoms with E-state index >= 15 is 0 Å². The van der Waals surface area contributed by atoms with E-state index in [1.54, 1.807) is 0 Å². The van der Waals surface area contributed by atoms with Crippen molar-refractivity contribution < 1.29 is 0 Å². The number of rotatable bonds is 3. The maximum atomic E-state index is 2.61. The van der Waals surface area contributed by atoms with E-state index in [0.717, 1.165) is 11.4 Å². The fraction of sp³-hybridized carbons (Fsp3) is 0.130. The van der Waals surface area contributed by atoms with Gasteiger partial charge in [-0.25, -0.2) is 0 Å². The first-order chi connectivity index (χ1) is 36.4. The highest BCUT2D eigenvalue weighted by Gasteiger charge is 2.46. The first kappa shape index (κ1) is 43.1. The average Bonchev–Trinajstić information content (AvgIpc) is 4.23. The third kappa shape index (κ3) is 5.89. The van der Waals surface area contributed by atoms with Crippen LogP contribution >= 0.6 is 11.3 Å². The van der Waals surface area contributed by atoms with E-state index in [9.17, 15) is 0 Å². The molecule has 0 amide bonds. The van der Waals surface area contributed by atoms with Crippen LogP contribution in [0.1, 0.15) is 58.2 Å². The molecule has 0 saturated carbocycles. The molecule has 0 bridgehead atoms. The average molecular weight is 981 g/mol. The Morgan fingerprint density at radius 3 is 1.77 bits per heavy atom. The summed E-state index contributed by atoms with van der Waals surface area (Å²) in [6.07, 6.45) is 0. The summed E-state index contributed by atoms with van der Waals surface area (Å²) in [7, 11) is 0. The lowest BCUT2D eigenvalue weighted by Gasteiger charge is -2.46. The SMILES string of the molecule is Cc1cc2c3c(c1)N1c4c(cccc4-n4c5ccccc5c5cccc1c54)B3c1ccc(-n3c4ccc(C(C)(C)C)cc4c4cc(C(C)(C)C)ccc43)cc1N2c1ccc(-c2cccc3c2sc2ccccc23)cc1. The zero-order chi connectivity index (χ0) is 50.4. The molecule has 0 radical (unpaired) electrons. The smallest absolute Gasteiger partial charge is 0.252 e. The van der Waals surface area contributed by atoms with Gasteiger partial charge in [0.2, 0.25) is 0 Å². The van der Waals surface area contributed by atoms with Crippen molar-refractivity contribution >= 4 is 132 Å². The number of fused-ring (bicyclic) bond motifs is 15. The first-order valence-corrected chi connectivity index (χ1v) is 27.4. The predicted molar refractivity (Wildman–Crippen MR) is 323 cm³/mol. The molecule has 3 aromatic heterocycles. The Morgan fingerprint density at radius 1 is 0.413 bits per heavy atom. The van der Waals surface area contributed by atoms with Gasteiger partial charge in [0, 0.05) is 70.2 Å². The maximum Gasteiger partial charge on any atom is 0.252 e. The zero-order valence-corrected chi connectivity index (χ0v) is 44.1.